The second-order valence-electron chi connectivity index (χ2n) is 4.74. The maximum Gasteiger partial charge on any atom is 0.158 e. The number of benzene rings is 1. The molecule has 1 unspecified atom stereocenters. The van der Waals surface area contributed by atoms with Crippen LogP contribution in [-0.4, -0.2) is 33.9 Å². The lowest BCUT2D eigenvalue weighted by atomic mass is 10.1. The Balaban J connectivity index is 2.25. The van der Waals surface area contributed by atoms with E-state index in [0.29, 0.717) is 18.7 Å². The van der Waals surface area contributed by atoms with E-state index in [2.05, 4.69) is 5.32 Å². The Bertz CT molecular complexity index is 519. The van der Waals surface area contributed by atoms with E-state index in [-0.39, 0.29) is 11.0 Å². The Hall–Kier alpha value is -1.07. The molecular weight excluding hydrogens is 250 g/mol. The third kappa shape index (κ3) is 2.84. The highest BCUT2D eigenvalue weighted by Gasteiger charge is 2.29. The summed E-state index contributed by atoms with van der Waals surface area (Å²) in [5, 5.41) is 2.83. The molecule has 2 rings (SSSR count). The van der Waals surface area contributed by atoms with Gasteiger partial charge in [0.1, 0.15) is 5.75 Å². The predicted octanol–water partition coefficient (Wildman–Crippen LogP) is 1.28. The van der Waals surface area contributed by atoms with Crippen LogP contribution in [0.25, 0.3) is 0 Å². The Morgan fingerprint density at radius 2 is 2.22 bits per heavy atom. The average Bonchev–Trinajstić information content (AvgIpc) is 2.83. The summed E-state index contributed by atoms with van der Waals surface area (Å²) >= 11 is 0. The van der Waals surface area contributed by atoms with Crippen LogP contribution in [0.3, 0.4) is 0 Å². The number of ether oxygens (including phenoxy) is 1. The van der Waals surface area contributed by atoms with Gasteiger partial charge in [-0.1, -0.05) is 17.7 Å². The number of methoxy groups -OCH3 is 1. The van der Waals surface area contributed by atoms with E-state index in [1.807, 2.05) is 25.1 Å². The van der Waals surface area contributed by atoms with Crippen molar-refractivity contribution in [2.24, 2.45) is 0 Å². The molecular formula is C13H19NO3S. The molecule has 1 atom stereocenters. The van der Waals surface area contributed by atoms with E-state index in [1.165, 1.54) is 0 Å². The quantitative estimate of drug-likeness (QED) is 0.894. The Kier molecular flexibility index (Phi) is 3.92. The normalized spacial score (nSPS) is 20.0. The van der Waals surface area contributed by atoms with Crippen LogP contribution in [0.2, 0.25) is 0 Å². The van der Waals surface area contributed by atoms with E-state index in [9.17, 15) is 8.42 Å². The van der Waals surface area contributed by atoms with E-state index in [4.69, 9.17) is 4.74 Å². The molecule has 0 aromatic heterocycles. The van der Waals surface area contributed by atoms with Gasteiger partial charge in [-0.05, 0) is 26.0 Å². The van der Waals surface area contributed by atoms with Crippen LogP contribution in [0.1, 0.15) is 17.5 Å². The summed E-state index contributed by atoms with van der Waals surface area (Å²) < 4.78 is 29.8. The Morgan fingerprint density at radius 1 is 1.44 bits per heavy atom. The van der Waals surface area contributed by atoms with Crippen LogP contribution >= 0.6 is 0 Å². The molecule has 1 fully saturated rings. The van der Waals surface area contributed by atoms with Crippen molar-refractivity contribution in [3.63, 3.8) is 0 Å². The van der Waals surface area contributed by atoms with Crippen LogP contribution in [-0.2, 0) is 15.6 Å². The van der Waals surface area contributed by atoms with Gasteiger partial charge in [0.05, 0.1) is 18.1 Å². The fourth-order valence-electron chi connectivity index (χ4n) is 2.29. The van der Waals surface area contributed by atoms with Gasteiger partial charge in [0.25, 0.3) is 0 Å². The zero-order valence-corrected chi connectivity index (χ0v) is 11.6. The number of rotatable bonds is 4. The Labute approximate surface area is 108 Å². The molecule has 1 N–H and O–H groups in total. The van der Waals surface area contributed by atoms with Crippen LogP contribution in [0, 0.1) is 6.92 Å². The molecule has 1 aliphatic heterocycles. The molecule has 0 spiro atoms. The fraction of sp³-hybridized carbons (Fsp3) is 0.538. The van der Waals surface area contributed by atoms with Gasteiger partial charge in [-0.15, -0.1) is 0 Å². The monoisotopic (exact) mass is 269 g/mol. The smallest absolute Gasteiger partial charge is 0.158 e. The molecule has 5 heteroatoms. The van der Waals surface area contributed by atoms with Gasteiger partial charge >= 0.3 is 0 Å². The predicted molar refractivity (Wildman–Crippen MR) is 71.6 cm³/mol. The summed E-state index contributed by atoms with van der Waals surface area (Å²) in [7, 11) is -1.54. The van der Waals surface area contributed by atoms with Crippen molar-refractivity contribution in [2.45, 2.75) is 24.3 Å². The summed E-state index contributed by atoms with van der Waals surface area (Å²) in [6.07, 6.45) is 0.705. The molecule has 1 saturated heterocycles. The van der Waals surface area contributed by atoms with Gasteiger partial charge in [0.15, 0.2) is 9.84 Å². The highest BCUT2D eigenvalue weighted by Crippen LogP contribution is 2.24. The largest absolute Gasteiger partial charge is 0.496 e. The van der Waals surface area contributed by atoms with E-state index < -0.39 is 9.84 Å². The van der Waals surface area contributed by atoms with Gasteiger partial charge in [-0.2, -0.15) is 0 Å². The third-order valence-electron chi connectivity index (χ3n) is 3.32. The van der Waals surface area contributed by atoms with Crippen molar-refractivity contribution in [3.05, 3.63) is 29.3 Å². The third-order valence-corrected chi connectivity index (χ3v) is 5.45. The molecule has 1 aliphatic rings. The summed E-state index contributed by atoms with van der Waals surface area (Å²) in [6, 6.07) is 5.64. The molecule has 0 saturated carbocycles. The Morgan fingerprint density at radius 3 is 2.83 bits per heavy atom. The highest BCUT2D eigenvalue weighted by molar-refractivity contribution is 7.91. The van der Waals surface area contributed by atoms with Gasteiger partial charge < -0.3 is 10.1 Å². The minimum Gasteiger partial charge on any atom is -0.496 e. The topological polar surface area (TPSA) is 55.4 Å². The van der Waals surface area contributed by atoms with Crippen molar-refractivity contribution in [3.8, 4) is 5.75 Å². The first-order chi connectivity index (χ1) is 8.53. The minimum atomic E-state index is -3.10. The molecule has 0 radical (unpaired) electrons. The van der Waals surface area contributed by atoms with Crippen molar-refractivity contribution >= 4 is 9.84 Å². The summed E-state index contributed by atoms with van der Waals surface area (Å²) in [6.45, 7) is 3.30. The first kappa shape index (κ1) is 13.4. The second kappa shape index (κ2) is 5.28. The summed E-state index contributed by atoms with van der Waals surface area (Å²) in [5.74, 6) is 0.708. The number of nitrogens with one attached hydrogen (secondary N) is 1. The lowest BCUT2D eigenvalue weighted by Crippen LogP contribution is -2.25. The number of aryl methyl sites for hydroxylation is 1. The zero-order valence-electron chi connectivity index (χ0n) is 10.8. The van der Waals surface area contributed by atoms with Crippen LogP contribution in [0.5, 0.6) is 5.75 Å². The van der Waals surface area contributed by atoms with Gasteiger partial charge in [-0.3, -0.25) is 0 Å². The average molecular weight is 269 g/mol. The summed E-state index contributed by atoms with van der Waals surface area (Å²) in [4.78, 5) is 0. The number of hydrogen-bond acceptors (Lipinski definition) is 4. The van der Waals surface area contributed by atoms with Crippen LogP contribution in [0.15, 0.2) is 18.2 Å². The maximum atomic E-state index is 12.3. The number of sulfone groups is 1. The van der Waals surface area contributed by atoms with Crippen molar-refractivity contribution < 1.29 is 13.2 Å². The van der Waals surface area contributed by atoms with Crippen LogP contribution < -0.4 is 10.1 Å². The van der Waals surface area contributed by atoms with Crippen molar-refractivity contribution in [2.75, 3.05) is 20.2 Å². The molecule has 0 bridgehead atoms. The van der Waals surface area contributed by atoms with Gasteiger partial charge in [0.2, 0.25) is 0 Å². The van der Waals surface area contributed by atoms with E-state index in [0.717, 1.165) is 17.7 Å². The first-order valence-corrected chi connectivity index (χ1v) is 7.80. The summed E-state index contributed by atoms with van der Waals surface area (Å²) in [5.41, 5.74) is 1.80. The van der Waals surface area contributed by atoms with Crippen molar-refractivity contribution in [1.82, 2.24) is 5.32 Å². The number of hydrogen-bond donors (Lipinski definition) is 1. The van der Waals surface area contributed by atoms with Gasteiger partial charge in [-0.25, -0.2) is 8.42 Å². The molecule has 4 nitrogen and oxygen atoms in total. The molecule has 0 amide bonds. The highest BCUT2D eigenvalue weighted by atomic mass is 32.2. The molecule has 100 valence electrons. The SMILES string of the molecule is COc1ccc(C)cc1CS(=O)(=O)C1CCNC1. The van der Waals surface area contributed by atoms with Gasteiger partial charge in [0, 0.05) is 12.1 Å². The van der Waals surface area contributed by atoms with E-state index >= 15 is 0 Å². The fourth-order valence-corrected chi connectivity index (χ4v) is 4.03. The van der Waals surface area contributed by atoms with Crippen LogP contribution in [0.4, 0.5) is 0 Å². The second-order valence-corrected chi connectivity index (χ2v) is 7.02. The standard InChI is InChI=1S/C13H19NO3S/c1-10-3-4-13(17-2)11(7-10)9-18(15,16)12-5-6-14-8-12/h3-4,7,12,14H,5-6,8-9H2,1-2H3. The molecule has 0 aliphatic carbocycles. The molecule has 18 heavy (non-hydrogen) atoms. The van der Waals surface area contributed by atoms with Crippen molar-refractivity contribution in [1.29, 1.82) is 0 Å². The molecule has 1 aromatic carbocycles. The zero-order chi connectivity index (χ0) is 13.2. The lowest BCUT2D eigenvalue weighted by Gasteiger charge is -2.13. The minimum absolute atomic E-state index is 0.0597. The molecule has 1 aromatic rings. The maximum absolute atomic E-state index is 12.3. The first-order valence-electron chi connectivity index (χ1n) is 6.09. The lowest BCUT2D eigenvalue weighted by molar-refractivity contribution is 0.411. The van der Waals surface area contributed by atoms with E-state index in [1.54, 1.807) is 7.11 Å². The molecule has 1 heterocycles.